The van der Waals surface area contributed by atoms with Crippen LogP contribution in [0.1, 0.15) is 0 Å². The summed E-state index contributed by atoms with van der Waals surface area (Å²) in [5.74, 6) is 1.68. The number of aromatic nitrogens is 2. The number of nitrogens with one attached hydrogen (secondary N) is 1. The number of amides is 2. The Bertz CT molecular complexity index is 1080. The second kappa shape index (κ2) is 8.94. The molecule has 1 N–H and O–H groups in total. The summed E-state index contributed by atoms with van der Waals surface area (Å²) in [5, 5.41) is 4.92. The van der Waals surface area contributed by atoms with Crippen molar-refractivity contribution in [3.8, 4) is 12.3 Å². The van der Waals surface area contributed by atoms with E-state index in [2.05, 4.69) is 21.2 Å². The predicted molar refractivity (Wildman–Crippen MR) is 107 cm³/mol. The Hall–Kier alpha value is -2.48. The van der Waals surface area contributed by atoms with Crippen molar-refractivity contribution in [2.24, 2.45) is 4.99 Å². The average molecular weight is 421 g/mol. The molecule has 0 fully saturated rings. The number of terminal acetylenes is 1. The molecular formula is C17H13FN4O2S3. The van der Waals surface area contributed by atoms with Crippen LogP contribution in [0.2, 0.25) is 0 Å². The van der Waals surface area contributed by atoms with Gasteiger partial charge in [-0.05, 0) is 18.2 Å². The molecule has 6 nitrogen and oxygen atoms in total. The van der Waals surface area contributed by atoms with Crippen LogP contribution in [0.4, 0.5) is 9.52 Å². The van der Waals surface area contributed by atoms with Gasteiger partial charge in [0.25, 0.3) is 5.91 Å². The fraction of sp³-hybridized carbons (Fsp3) is 0.176. The van der Waals surface area contributed by atoms with E-state index >= 15 is 0 Å². The molecule has 0 aliphatic rings. The van der Waals surface area contributed by atoms with E-state index in [1.54, 1.807) is 22.2 Å². The zero-order valence-electron chi connectivity index (χ0n) is 13.8. The first-order valence-electron chi connectivity index (χ1n) is 7.64. The highest BCUT2D eigenvalue weighted by Gasteiger charge is 2.10. The molecule has 0 aliphatic carbocycles. The number of hydrogen-bond acceptors (Lipinski definition) is 6. The van der Waals surface area contributed by atoms with E-state index in [-0.39, 0.29) is 35.7 Å². The Labute approximate surface area is 166 Å². The summed E-state index contributed by atoms with van der Waals surface area (Å²) in [5.41, 5.74) is 0.723. The largest absolute Gasteiger partial charge is 0.305 e. The second-order valence-electron chi connectivity index (χ2n) is 5.17. The molecule has 2 heterocycles. The maximum absolute atomic E-state index is 13.4. The first kappa shape index (κ1) is 19.3. The number of rotatable bonds is 6. The SMILES string of the molecule is C#CCn1c(=NC(=O)CSCC(=O)Nc2nccs2)sc2cc(F)ccc21. The van der Waals surface area contributed by atoms with E-state index in [1.807, 2.05) is 0 Å². The minimum Gasteiger partial charge on any atom is -0.305 e. The first-order valence-corrected chi connectivity index (χ1v) is 10.5. The van der Waals surface area contributed by atoms with Gasteiger partial charge in [0.2, 0.25) is 5.91 Å². The molecular weight excluding hydrogens is 407 g/mol. The van der Waals surface area contributed by atoms with Gasteiger partial charge in [-0.1, -0.05) is 17.3 Å². The van der Waals surface area contributed by atoms with Gasteiger partial charge in [0.05, 0.1) is 28.3 Å². The quantitative estimate of drug-likeness (QED) is 0.622. The van der Waals surface area contributed by atoms with Gasteiger partial charge in [-0.15, -0.1) is 29.5 Å². The van der Waals surface area contributed by atoms with Crippen molar-refractivity contribution in [1.82, 2.24) is 9.55 Å². The monoisotopic (exact) mass is 420 g/mol. The van der Waals surface area contributed by atoms with Gasteiger partial charge in [-0.3, -0.25) is 9.59 Å². The van der Waals surface area contributed by atoms with Crippen LogP contribution >= 0.6 is 34.4 Å². The molecule has 3 rings (SSSR count). The molecule has 2 amide bonds. The Morgan fingerprint density at radius 2 is 2.26 bits per heavy atom. The van der Waals surface area contributed by atoms with Gasteiger partial charge in [-0.25, -0.2) is 9.37 Å². The summed E-state index contributed by atoms with van der Waals surface area (Å²) < 4.78 is 15.8. The molecule has 0 bridgehead atoms. The highest BCUT2D eigenvalue weighted by molar-refractivity contribution is 8.00. The lowest BCUT2D eigenvalue weighted by Gasteiger charge is -2.01. The highest BCUT2D eigenvalue weighted by Crippen LogP contribution is 2.18. The van der Waals surface area contributed by atoms with Crippen LogP contribution in [0.5, 0.6) is 0 Å². The zero-order valence-corrected chi connectivity index (χ0v) is 16.3. The van der Waals surface area contributed by atoms with Crippen LogP contribution < -0.4 is 10.1 Å². The van der Waals surface area contributed by atoms with E-state index < -0.39 is 0 Å². The standard InChI is InChI=1S/C17H13FN4O2S3/c1-2-6-22-12-4-3-11(18)8-13(12)27-17(22)21-15(24)10-25-9-14(23)20-16-19-5-7-26-16/h1,3-5,7-8H,6,9-10H2,(H,19,20,23). The van der Waals surface area contributed by atoms with E-state index in [9.17, 15) is 14.0 Å². The average Bonchev–Trinajstić information content (AvgIpc) is 3.23. The Morgan fingerprint density at radius 1 is 1.41 bits per heavy atom. The molecule has 27 heavy (non-hydrogen) atoms. The fourth-order valence-electron chi connectivity index (χ4n) is 2.19. The number of halogens is 1. The van der Waals surface area contributed by atoms with E-state index in [0.717, 1.165) is 17.3 Å². The van der Waals surface area contributed by atoms with Crippen LogP contribution in [0.3, 0.4) is 0 Å². The molecule has 0 saturated carbocycles. The summed E-state index contributed by atoms with van der Waals surface area (Å²) in [7, 11) is 0. The van der Waals surface area contributed by atoms with Crippen molar-refractivity contribution < 1.29 is 14.0 Å². The zero-order chi connectivity index (χ0) is 19.2. The van der Waals surface area contributed by atoms with Crippen molar-refractivity contribution in [1.29, 1.82) is 0 Å². The molecule has 1 aromatic carbocycles. The van der Waals surface area contributed by atoms with E-state index in [0.29, 0.717) is 14.6 Å². The Balaban J connectivity index is 1.67. The van der Waals surface area contributed by atoms with Crippen molar-refractivity contribution in [3.05, 3.63) is 40.4 Å². The summed E-state index contributed by atoms with van der Waals surface area (Å²) in [6.45, 7) is 0.223. The smallest absolute Gasteiger partial charge is 0.258 e. The summed E-state index contributed by atoms with van der Waals surface area (Å²) in [6.07, 6.45) is 6.99. The normalized spacial score (nSPS) is 11.5. The maximum atomic E-state index is 13.4. The number of hydrogen-bond donors (Lipinski definition) is 1. The maximum Gasteiger partial charge on any atom is 0.258 e. The van der Waals surface area contributed by atoms with Crippen LogP contribution in [-0.4, -0.2) is 32.9 Å². The highest BCUT2D eigenvalue weighted by atomic mass is 32.2. The van der Waals surface area contributed by atoms with E-state index in [1.165, 1.54) is 34.8 Å². The number of nitrogens with zero attached hydrogens (tertiary/aromatic N) is 3. The topological polar surface area (TPSA) is 76.3 Å². The second-order valence-corrected chi connectivity index (χ2v) is 8.06. The third kappa shape index (κ3) is 5.03. The first-order chi connectivity index (χ1) is 13.1. The molecule has 0 atom stereocenters. The van der Waals surface area contributed by atoms with Gasteiger partial charge in [0, 0.05) is 11.6 Å². The third-order valence-corrected chi connectivity index (χ3v) is 5.90. The molecule has 2 aromatic heterocycles. The van der Waals surface area contributed by atoms with Gasteiger partial charge < -0.3 is 9.88 Å². The minimum atomic E-state index is -0.389. The lowest BCUT2D eigenvalue weighted by Crippen LogP contribution is -2.18. The number of anilines is 1. The van der Waals surface area contributed by atoms with Gasteiger partial charge in [0.1, 0.15) is 5.82 Å². The van der Waals surface area contributed by atoms with Crippen LogP contribution in [0.15, 0.2) is 34.8 Å². The number of fused-ring (bicyclic) bond motifs is 1. The molecule has 0 unspecified atom stereocenters. The number of thiazole rings is 2. The van der Waals surface area contributed by atoms with Crippen molar-refractivity contribution in [3.63, 3.8) is 0 Å². The van der Waals surface area contributed by atoms with Gasteiger partial charge in [-0.2, -0.15) is 4.99 Å². The fourth-order valence-corrected chi connectivity index (χ4v) is 4.40. The Kier molecular flexibility index (Phi) is 6.39. The summed E-state index contributed by atoms with van der Waals surface area (Å²) in [6, 6.07) is 4.33. The number of carbonyl (C=O) groups is 2. The van der Waals surface area contributed by atoms with Crippen LogP contribution in [0.25, 0.3) is 10.2 Å². The lowest BCUT2D eigenvalue weighted by atomic mass is 10.3. The molecule has 138 valence electrons. The van der Waals surface area contributed by atoms with Crippen LogP contribution in [0, 0.1) is 18.2 Å². The molecule has 0 saturated heterocycles. The Morgan fingerprint density at radius 3 is 3.00 bits per heavy atom. The van der Waals surface area contributed by atoms with Crippen molar-refractivity contribution >= 4 is 61.6 Å². The lowest BCUT2D eigenvalue weighted by molar-refractivity contribution is -0.115. The number of thioether (sulfide) groups is 1. The minimum absolute atomic E-state index is 0.0456. The van der Waals surface area contributed by atoms with E-state index in [4.69, 9.17) is 6.42 Å². The van der Waals surface area contributed by atoms with Gasteiger partial charge >= 0.3 is 0 Å². The summed E-state index contributed by atoms with van der Waals surface area (Å²) >= 11 is 3.67. The van der Waals surface area contributed by atoms with Crippen molar-refractivity contribution in [2.75, 3.05) is 16.8 Å². The number of carbonyl (C=O) groups excluding carboxylic acids is 2. The van der Waals surface area contributed by atoms with Crippen molar-refractivity contribution in [2.45, 2.75) is 6.54 Å². The molecule has 3 aromatic rings. The molecule has 0 radical (unpaired) electrons. The molecule has 10 heteroatoms. The number of benzene rings is 1. The van der Waals surface area contributed by atoms with Crippen LogP contribution in [-0.2, 0) is 16.1 Å². The summed E-state index contributed by atoms with van der Waals surface area (Å²) in [4.78, 5) is 32.4. The predicted octanol–water partition coefficient (Wildman–Crippen LogP) is 2.73. The third-order valence-electron chi connectivity index (χ3n) is 3.25. The molecule has 0 spiro atoms. The van der Waals surface area contributed by atoms with Gasteiger partial charge in [0.15, 0.2) is 9.93 Å². The molecule has 0 aliphatic heterocycles.